The Morgan fingerprint density at radius 2 is 2.00 bits per heavy atom. The Balaban J connectivity index is 1.96. The number of nitrogens with one attached hydrogen (secondary N) is 1. The third kappa shape index (κ3) is 2.68. The average molecular weight is 289 g/mol. The summed E-state index contributed by atoms with van der Waals surface area (Å²) in [6.45, 7) is 7.68. The van der Waals surface area contributed by atoms with Gasteiger partial charge in [-0.2, -0.15) is 0 Å². The first-order valence-electron chi connectivity index (χ1n) is 8.10. The van der Waals surface area contributed by atoms with Crippen molar-refractivity contribution in [1.29, 1.82) is 0 Å². The van der Waals surface area contributed by atoms with Gasteiger partial charge in [-0.15, -0.1) is 0 Å². The minimum absolute atomic E-state index is 0.0266. The molecule has 4 nitrogen and oxygen atoms in total. The molecule has 0 aliphatic carbocycles. The number of hydrogen-bond acceptors (Lipinski definition) is 4. The molecule has 0 radical (unpaired) electrons. The van der Waals surface area contributed by atoms with Crippen molar-refractivity contribution >= 4 is 0 Å². The Morgan fingerprint density at radius 1 is 1.24 bits per heavy atom. The van der Waals surface area contributed by atoms with Crippen LogP contribution in [0.1, 0.15) is 50.3 Å². The molecule has 0 saturated carbocycles. The fraction of sp³-hybridized carbons (Fsp3) is 0.647. The van der Waals surface area contributed by atoms with E-state index in [1.165, 1.54) is 24.0 Å². The van der Waals surface area contributed by atoms with E-state index in [1.807, 2.05) is 0 Å². The van der Waals surface area contributed by atoms with Crippen LogP contribution < -0.4 is 16.0 Å². The zero-order valence-electron chi connectivity index (χ0n) is 13.2. The number of nitrogens with zero attached hydrogens (tertiary/aromatic N) is 1. The van der Waals surface area contributed by atoms with Crippen LogP contribution in [0.5, 0.6) is 5.75 Å². The molecule has 21 heavy (non-hydrogen) atoms. The molecule has 0 amide bonds. The molecule has 2 heterocycles. The Bertz CT molecular complexity index is 495. The Hall–Kier alpha value is -1.10. The average Bonchev–Trinajstić information content (AvgIpc) is 3.03. The minimum Gasteiger partial charge on any atom is -0.493 e. The van der Waals surface area contributed by atoms with Gasteiger partial charge in [0.05, 0.1) is 12.6 Å². The first-order chi connectivity index (χ1) is 10.1. The zero-order valence-corrected chi connectivity index (χ0v) is 13.2. The van der Waals surface area contributed by atoms with Crippen LogP contribution in [0.15, 0.2) is 18.2 Å². The molecule has 0 spiro atoms. The fourth-order valence-corrected chi connectivity index (χ4v) is 3.79. The van der Waals surface area contributed by atoms with Crippen LogP contribution in [0, 0.1) is 0 Å². The lowest BCUT2D eigenvalue weighted by Crippen LogP contribution is -2.53. The highest BCUT2D eigenvalue weighted by Gasteiger charge is 2.39. The quantitative estimate of drug-likeness (QED) is 0.660. The van der Waals surface area contributed by atoms with Gasteiger partial charge < -0.3 is 4.74 Å². The van der Waals surface area contributed by atoms with Crippen molar-refractivity contribution in [1.82, 2.24) is 10.3 Å². The number of aryl methyl sites for hydroxylation is 1. The van der Waals surface area contributed by atoms with E-state index >= 15 is 0 Å². The number of para-hydroxylation sites is 1. The lowest BCUT2D eigenvalue weighted by atomic mass is 9.85. The third-order valence-corrected chi connectivity index (χ3v) is 5.07. The van der Waals surface area contributed by atoms with E-state index in [0.29, 0.717) is 0 Å². The minimum atomic E-state index is -0.0266. The maximum absolute atomic E-state index is 5.98. The highest BCUT2D eigenvalue weighted by molar-refractivity contribution is 5.45. The number of hydrazine groups is 1. The summed E-state index contributed by atoms with van der Waals surface area (Å²) in [7, 11) is 0. The van der Waals surface area contributed by atoms with Gasteiger partial charge in [0.25, 0.3) is 0 Å². The lowest BCUT2D eigenvalue weighted by Gasteiger charge is -2.42. The summed E-state index contributed by atoms with van der Waals surface area (Å²) in [5.74, 6) is 7.01. The monoisotopic (exact) mass is 289 g/mol. The molecule has 1 aromatic rings. The van der Waals surface area contributed by atoms with Crippen molar-refractivity contribution in [2.24, 2.45) is 5.84 Å². The second-order valence-corrected chi connectivity index (χ2v) is 6.74. The summed E-state index contributed by atoms with van der Waals surface area (Å²) in [4.78, 5) is 2.54. The molecular formula is C17H27N3O. The smallest absolute Gasteiger partial charge is 0.127 e. The maximum Gasteiger partial charge on any atom is 0.127 e. The standard InChI is InChI=1S/C17H27N3O/c1-17(2,20-10-3-4-11-20)16(19-18)14-9-5-7-13-8-6-12-21-15(13)14/h5,7,9,16,19H,3-4,6,8,10-12,18H2,1-2H3. The molecular weight excluding hydrogens is 262 g/mol. The lowest BCUT2D eigenvalue weighted by molar-refractivity contribution is 0.104. The van der Waals surface area contributed by atoms with E-state index in [9.17, 15) is 0 Å². The summed E-state index contributed by atoms with van der Waals surface area (Å²) < 4.78 is 5.98. The fourth-order valence-electron chi connectivity index (χ4n) is 3.79. The molecule has 2 aliphatic heterocycles. The predicted octanol–water partition coefficient (Wildman–Crippen LogP) is 2.39. The van der Waals surface area contributed by atoms with Crippen LogP contribution in [0.2, 0.25) is 0 Å². The van der Waals surface area contributed by atoms with Crippen LogP contribution in [-0.4, -0.2) is 30.1 Å². The van der Waals surface area contributed by atoms with E-state index in [4.69, 9.17) is 10.6 Å². The normalized spacial score (nSPS) is 20.9. The second kappa shape index (κ2) is 5.95. The van der Waals surface area contributed by atoms with Crippen molar-refractivity contribution in [2.45, 2.75) is 51.1 Å². The van der Waals surface area contributed by atoms with Gasteiger partial charge >= 0.3 is 0 Å². The van der Waals surface area contributed by atoms with Crippen LogP contribution in [0.3, 0.4) is 0 Å². The van der Waals surface area contributed by atoms with Gasteiger partial charge in [0.15, 0.2) is 0 Å². The van der Waals surface area contributed by atoms with Gasteiger partial charge in [-0.05, 0) is 58.2 Å². The summed E-state index contributed by atoms with van der Waals surface area (Å²) in [5, 5.41) is 0. The van der Waals surface area contributed by atoms with Crippen LogP contribution in [0.25, 0.3) is 0 Å². The molecule has 4 heteroatoms. The van der Waals surface area contributed by atoms with E-state index in [1.54, 1.807) is 0 Å². The summed E-state index contributed by atoms with van der Waals surface area (Å²) >= 11 is 0. The van der Waals surface area contributed by atoms with Crippen molar-refractivity contribution in [3.05, 3.63) is 29.3 Å². The summed E-state index contributed by atoms with van der Waals surface area (Å²) in [6.07, 6.45) is 4.77. The van der Waals surface area contributed by atoms with Gasteiger partial charge in [-0.25, -0.2) is 0 Å². The van der Waals surface area contributed by atoms with Crippen molar-refractivity contribution in [2.75, 3.05) is 19.7 Å². The number of nitrogens with two attached hydrogens (primary N) is 1. The topological polar surface area (TPSA) is 50.5 Å². The van der Waals surface area contributed by atoms with Gasteiger partial charge in [0.2, 0.25) is 0 Å². The van der Waals surface area contributed by atoms with Crippen LogP contribution in [0.4, 0.5) is 0 Å². The van der Waals surface area contributed by atoms with Crippen molar-refractivity contribution in [3.63, 3.8) is 0 Å². The molecule has 1 saturated heterocycles. The first kappa shape index (κ1) is 14.8. The largest absolute Gasteiger partial charge is 0.493 e. The Labute approximate surface area is 127 Å². The Kier molecular flexibility index (Phi) is 4.20. The van der Waals surface area contributed by atoms with Gasteiger partial charge in [-0.1, -0.05) is 18.2 Å². The van der Waals surface area contributed by atoms with Gasteiger partial charge in [0, 0.05) is 11.1 Å². The SMILES string of the molecule is CC(C)(C(NN)c1cccc2c1OCCC2)N1CCCC1. The first-order valence-corrected chi connectivity index (χ1v) is 8.10. The molecule has 3 N–H and O–H groups in total. The van der Waals surface area contributed by atoms with Gasteiger partial charge in [-0.3, -0.25) is 16.2 Å². The number of ether oxygens (including phenoxy) is 1. The number of benzene rings is 1. The Morgan fingerprint density at radius 3 is 2.71 bits per heavy atom. The number of hydrogen-bond donors (Lipinski definition) is 2. The third-order valence-electron chi connectivity index (χ3n) is 5.07. The number of fused-ring (bicyclic) bond motifs is 1. The van der Waals surface area contributed by atoms with Crippen LogP contribution in [-0.2, 0) is 6.42 Å². The van der Waals surface area contributed by atoms with Crippen LogP contribution >= 0.6 is 0 Å². The highest BCUT2D eigenvalue weighted by atomic mass is 16.5. The van der Waals surface area contributed by atoms with Crippen molar-refractivity contribution < 1.29 is 4.74 Å². The van der Waals surface area contributed by atoms with Crippen molar-refractivity contribution in [3.8, 4) is 5.75 Å². The predicted molar refractivity (Wildman–Crippen MR) is 85.2 cm³/mol. The second-order valence-electron chi connectivity index (χ2n) is 6.74. The van der Waals surface area contributed by atoms with Gasteiger partial charge in [0.1, 0.15) is 5.75 Å². The molecule has 116 valence electrons. The molecule has 1 aromatic carbocycles. The number of rotatable bonds is 4. The molecule has 0 aromatic heterocycles. The molecule has 1 fully saturated rings. The summed E-state index contributed by atoms with van der Waals surface area (Å²) in [6, 6.07) is 6.54. The molecule has 1 atom stereocenters. The van der Waals surface area contributed by atoms with E-state index in [0.717, 1.165) is 38.3 Å². The molecule has 0 bridgehead atoms. The number of likely N-dealkylation sites (tertiary alicyclic amines) is 1. The molecule has 1 unspecified atom stereocenters. The van der Waals surface area contributed by atoms with E-state index in [2.05, 4.69) is 42.4 Å². The molecule has 2 aliphatic rings. The zero-order chi connectivity index (χ0) is 14.9. The summed E-state index contributed by atoms with van der Waals surface area (Å²) in [5.41, 5.74) is 5.55. The van der Waals surface area contributed by atoms with E-state index in [-0.39, 0.29) is 11.6 Å². The highest BCUT2D eigenvalue weighted by Crippen LogP contribution is 2.40. The molecule has 3 rings (SSSR count). The van der Waals surface area contributed by atoms with E-state index < -0.39 is 0 Å². The maximum atomic E-state index is 5.98.